The smallest absolute Gasteiger partial charge is 0.264 e. The number of nitrogens with two attached hydrogens (primary N) is 1. The lowest BCUT2D eigenvalue weighted by atomic mass is 10.1. The number of hydrogen-bond acceptors (Lipinski definition) is 3. The number of nitrogens with one attached hydrogen (secondary N) is 1. The molecular formula is C15H18N2O2S. The molecule has 2 rings (SSSR count). The molecule has 0 aliphatic carbocycles. The van der Waals surface area contributed by atoms with E-state index < -0.39 is 10.0 Å². The average molecular weight is 290 g/mol. The highest BCUT2D eigenvalue weighted by molar-refractivity contribution is 7.93. The molecule has 0 spiro atoms. The van der Waals surface area contributed by atoms with Crippen molar-refractivity contribution < 1.29 is 8.42 Å². The van der Waals surface area contributed by atoms with Crippen LogP contribution in [0.5, 0.6) is 0 Å². The third-order valence-electron chi connectivity index (χ3n) is 3.28. The second-order valence-electron chi connectivity index (χ2n) is 4.90. The number of benzene rings is 2. The molecular weight excluding hydrogens is 272 g/mol. The van der Waals surface area contributed by atoms with E-state index in [0.29, 0.717) is 11.3 Å². The summed E-state index contributed by atoms with van der Waals surface area (Å²) in [5.41, 5.74) is 9.25. The minimum atomic E-state index is -3.69. The van der Waals surface area contributed by atoms with E-state index in [1.807, 2.05) is 32.0 Å². The SMILES string of the molecule is Cc1ccc(NS(=O)(=O)c2c(N)ccc(C)c2C)cc1. The van der Waals surface area contributed by atoms with Crippen molar-refractivity contribution in [1.82, 2.24) is 0 Å². The monoisotopic (exact) mass is 290 g/mol. The van der Waals surface area contributed by atoms with Crippen LogP contribution in [0.2, 0.25) is 0 Å². The first-order valence-corrected chi connectivity index (χ1v) is 7.75. The number of aryl methyl sites for hydroxylation is 2. The van der Waals surface area contributed by atoms with Gasteiger partial charge in [0.15, 0.2) is 0 Å². The number of hydrogen-bond donors (Lipinski definition) is 2. The van der Waals surface area contributed by atoms with Crippen LogP contribution in [0.15, 0.2) is 41.3 Å². The Balaban J connectivity index is 2.46. The lowest BCUT2D eigenvalue weighted by molar-refractivity contribution is 0.601. The van der Waals surface area contributed by atoms with Gasteiger partial charge in [0.25, 0.3) is 10.0 Å². The molecule has 106 valence electrons. The van der Waals surface area contributed by atoms with Crippen molar-refractivity contribution in [3.8, 4) is 0 Å². The molecule has 0 radical (unpaired) electrons. The minimum absolute atomic E-state index is 0.151. The molecule has 0 aromatic heterocycles. The summed E-state index contributed by atoms with van der Waals surface area (Å²) >= 11 is 0. The molecule has 2 aromatic rings. The Morgan fingerprint density at radius 3 is 2.15 bits per heavy atom. The van der Waals surface area contributed by atoms with Gasteiger partial charge in [-0.3, -0.25) is 4.72 Å². The first-order chi connectivity index (χ1) is 9.31. The molecule has 0 saturated heterocycles. The molecule has 5 heteroatoms. The van der Waals surface area contributed by atoms with Gasteiger partial charge in [0.1, 0.15) is 4.90 Å². The second kappa shape index (κ2) is 5.17. The highest BCUT2D eigenvalue weighted by Gasteiger charge is 2.21. The molecule has 20 heavy (non-hydrogen) atoms. The summed E-state index contributed by atoms with van der Waals surface area (Å²) < 4.78 is 27.5. The third kappa shape index (κ3) is 2.77. The van der Waals surface area contributed by atoms with Crippen LogP contribution in [-0.4, -0.2) is 8.42 Å². The molecule has 4 nitrogen and oxygen atoms in total. The van der Waals surface area contributed by atoms with Gasteiger partial charge in [-0.1, -0.05) is 23.8 Å². The van der Waals surface area contributed by atoms with Gasteiger partial charge in [0.2, 0.25) is 0 Å². The zero-order valence-corrected chi connectivity index (χ0v) is 12.6. The van der Waals surface area contributed by atoms with Gasteiger partial charge < -0.3 is 5.73 Å². The molecule has 0 heterocycles. The van der Waals surface area contributed by atoms with Crippen LogP contribution in [0.1, 0.15) is 16.7 Å². The quantitative estimate of drug-likeness (QED) is 0.854. The average Bonchev–Trinajstić information content (AvgIpc) is 2.37. The Bertz CT molecular complexity index is 735. The Kier molecular flexibility index (Phi) is 3.72. The molecule has 3 N–H and O–H groups in total. The van der Waals surface area contributed by atoms with Crippen LogP contribution in [0, 0.1) is 20.8 Å². The van der Waals surface area contributed by atoms with Crippen molar-refractivity contribution in [2.45, 2.75) is 25.7 Å². The standard InChI is InChI=1S/C15H18N2O2S/c1-10-4-7-13(8-5-10)17-20(18,19)15-12(3)11(2)6-9-14(15)16/h4-9,17H,16H2,1-3H3. The maximum atomic E-state index is 12.5. The van der Waals surface area contributed by atoms with Crippen LogP contribution in [0.4, 0.5) is 11.4 Å². The number of sulfonamides is 1. The predicted molar refractivity (Wildman–Crippen MR) is 82.3 cm³/mol. The summed E-state index contributed by atoms with van der Waals surface area (Å²) in [6.45, 7) is 5.57. The molecule has 0 aliphatic heterocycles. The summed E-state index contributed by atoms with van der Waals surface area (Å²) in [5.74, 6) is 0. The van der Waals surface area contributed by atoms with E-state index in [1.54, 1.807) is 25.1 Å². The van der Waals surface area contributed by atoms with Gasteiger partial charge in [0, 0.05) is 5.69 Å². The van der Waals surface area contributed by atoms with Crippen molar-refractivity contribution in [2.24, 2.45) is 0 Å². The van der Waals surface area contributed by atoms with E-state index in [2.05, 4.69) is 4.72 Å². The Morgan fingerprint density at radius 1 is 0.950 bits per heavy atom. The van der Waals surface area contributed by atoms with Gasteiger partial charge in [-0.25, -0.2) is 8.42 Å². The largest absolute Gasteiger partial charge is 0.398 e. The molecule has 0 atom stereocenters. The van der Waals surface area contributed by atoms with Gasteiger partial charge in [0.05, 0.1) is 5.69 Å². The lowest BCUT2D eigenvalue weighted by Crippen LogP contribution is -2.16. The summed E-state index contributed by atoms with van der Waals surface area (Å²) in [6.07, 6.45) is 0. The first kappa shape index (κ1) is 14.4. The summed E-state index contributed by atoms with van der Waals surface area (Å²) in [7, 11) is -3.69. The second-order valence-corrected chi connectivity index (χ2v) is 6.52. The minimum Gasteiger partial charge on any atom is -0.398 e. The van der Waals surface area contributed by atoms with E-state index >= 15 is 0 Å². The van der Waals surface area contributed by atoms with Crippen LogP contribution in [-0.2, 0) is 10.0 Å². The fraction of sp³-hybridized carbons (Fsp3) is 0.200. The fourth-order valence-electron chi connectivity index (χ4n) is 2.00. The molecule has 0 bridgehead atoms. The molecule has 0 aliphatic rings. The topological polar surface area (TPSA) is 72.2 Å². The van der Waals surface area contributed by atoms with Crippen molar-refractivity contribution >= 4 is 21.4 Å². The van der Waals surface area contributed by atoms with E-state index in [-0.39, 0.29) is 10.6 Å². The molecule has 0 saturated carbocycles. The molecule has 0 unspecified atom stereocenters. The number of nitrogen functional groups attached to an aromatic ring is 1. The van der Waals surface area contributed by atoms with Crippen molar-refractivity contribution in [3.05, 3.63) is 53.1 Å². The van der Waals surface area contributed by atoms with Gasteiger partial charge in [-0.2, -0.15) is 0 Å². The molecule has 0 fully saturated rings. The number of anilines is 2. The number of rotatable bonds is 3. The zero-order chi connectivity index (χ0) is 14.9. The van der Waals surface area contributed by atoms with Gasteiger partial charge in [-0.05, 0) is 50.1 Å². The zero-order valence-electron chi connectivity index (χ0n) is 11.8. The summed E-state index contributed by atoms with van der Waals surface area (Å²) in [4.78, 5) is 0.151. The predicted octanol–water partition coefficient (Wildman–Crippen LogP) is 2.99. The van der Waals surface area contributed by atoms with Crippen molar-refractivity contribution in [2.75, 3.05) is 10.5 Å². The Morgan fingerprint density at radius 2 is 1.55 bits per heavy atom. The summed E-state index contributed by atoms with van der Waals surface area (Å²) in [6, 6.07) is 10.6. The Hall–Kier alpha value is -2.01. The van der Waals surface area contributed by atoms with Gasteiger partial charge >= 0.3 is 0 Å². The van der Waals surface area contributed by atoms with Crippen LogP contribution in [0.3, 0.4) is 0 Å². The van der Waals surface area contributed by atoms with E-state index in [4.69, 9.17) is 5.73 Å². The van der Waals surface area contributed by atoms with Crippen LogP contribution < -0.4 is 10.5 Å². The summed E-state index contributed by atoms with van der Waals surface area (Å²) in [5, 5.41) is 0. The van der Waals surface area contributed by atoms with Gasteiger partial charge in [-0.15, -0.1) is 0 Å². The maximum Gasteiger partial charge on any atom is 0.264 e. The first-order valence-electron chi connectivity index (χ1n) is 6.26. The van der Waals surface area contributed by atoms with E-state index in [0.717, 1.165) is 11.1 Å². The van der Waals surface area contributed by atoms with Crippen LogP contribution in [0.25, 0.3) is 0 Å². The normalized spacial score (nSPS) is 11.3. The van der Waals surface area contributed by atoms with Crippen molar-refractivity contribution in [3.63, 3.8) is 0 Å². The highest BCUT2D eigenvalue weighted by Crippen LogP contribution is 2.27. The van der Waals surface area contributed by atoms with E-state index in [1.165, 1.54) is 0 Å². The van der Waals surface area contributed by atoms with Crippen molar-refractivity contribution in [1.29, 1.82) is 0 Å². The fourth-order valence-corrected chi connectivity index (χ4v) is 3.49. The highest BCUT2D eigenvalue weighted by atomic mass is 32.2. The Labute approximate surface area is 119 Å². The molecule has 2 aromatic carbocycles. The lowest BCUT2D eigenvalue weighted by Gasteiger charge is -2.14. The maximum absolute atomic E-state index is 12.5. The van der Waals surface area contributed by atoms with E-state index in [9.17, 15) is 8.42 Å². The third-order valence-corrected chi connectivity index (χ3v) is 4.86. The molecule has 0 amide bonds. The van der Waals surface area contributed by atoms with Crippen LogP contribution >= 0.6 is 0 Å².